The van der Waals surface area contributed by atoms with Gasteiger partial charge in [0.15, 0.2) is 0 Å². The molecule has 0 atom stereocenters. The Labute approximate surface area is 142 Å². The molecule has 128 valence electrons. The molecular weight excluding hydrogens is 326 g/mol. The highest BCUT2D eigenvalue weighted by Crippen LogP contribution is 2.26. The van der Waals surface area contributed by atoms with Crippen molar-refractivity contribution in [2.75, 3.05) is 10.8 Å². The molecule has 0 amide bonds. The van der Waals surface area contributed by atoms with Gasteiger partial charge in [0.1, 0.15) is 0 Å². The normalized spacial score (nSPS) is 11.5. The van der Waals surface area contributed by atoms with Crippen LogP contribution in [0.5, 0.6) is 0 Å². The number of rotatable bonds is 6. The largest absolute Gasteiger partial charge is 0.478 e. The Morgan fingerprint density at radius 1 is 1.12 bits per heavy atom. The van der Waals surface area contributed by atoms with E-state index in [1.54, 1.807) is 36.4 Å². The van der Waals surface area contributed by atoms with Crippen LogP contribution in [0.3, 0.4) is 0 Å². The van der Waals surface area contributed by atoms with Gasteiger partial charge in [0.05, 0.1) is 16.1 Å². The van der Waals surface area contributed by atoms with Gasteiger partial charge in [-0.1, -0.05) is 37.6 Å². The first-order chi connectivity index (χ1) is 11.2. The highest BCUT2D eigenvalue weighted by molar-refractivity contribution is 7.92. The molecule has 0 spiro atoms. The van der Waals surface area contributed by atoms with Crippen molar-refractivity contribution in [1.82, 2.24) is 0 Å². The molecule has 6 heteroatoms. The van der Waals surface area contributed by atoms with Crippen molar-refractivity contribution < 1.29 is 18.3 Å². The lowest BCUT2D eigenvalue weighted by Gasteiger charge is -2.26. The average molecular weight is 347 g/mol. The summed E-state index contributed by atoms with van der Waals surface area (Å²) in [6, 6.07) is 12.6. The van der Waals surface area contributed by atoms with Gasteiger partial charge in [-0.15, -0.1) is 0 Å². The summed E-state index contributed by atoms with van der Waals surface area (Å²) >= 11 is 0. The van der Waals surface area contributed by atoms with Crippen LogP contribution >= 0.6 is 0 Å². The third-order valence-electron chi connectivity index (χ3n) is 3.52. The van der Waals surface area contributed by atoms with Gasteiger partial charge in [0.2, 0.25) is 0 Å². The van der Waals surface area contributed by atoms with Gasteiger partial charge < -0.3 is 5.11 Å². The molecule has 2 aromatic carbocycles. The Balaban J connectivity index is 2.54. The maximum atomic E-state index is 13.0. The van der Waals surface area contributed by atoms with Crippen LogP contribution in [-0.4, -0.2) is 26.0 Å². The maximum Gasteiger partial charge on any atom is 0.335 e. The number of hydrogen-bond acceptors (Lipinski definition) is 3. The maximum absolute atomic E-state index is 13.0. The van der Waals surface area contributed by atoms with Crippen LogP contribution in [0.15, 0.2) is 53.4 Å². The van der Waals surface area contributed by atoms with Crippen LogP contribution in [-0.2, 0) is 10.0 Å². The molecule has 0 radical (unpaired) electrons. The molecule has 0 saturated heterocycles. The first-order valence-electron chi connectivity index (χ1n) is 7.64. The van der Waals surface area contributed by atoms with Crippen LogP contribution in [0.4, 0.5) is 5.69 Å². The molecule has 0 unspecified atom stereocenters. The second-order valence-electron chi connectivity index (χ2n) is 6.10. The zero-order valence-electron chi connectivity index (χ0n) is 13.9. The number of sulfonamides is 1. The number of carboxylic acids is 1. The van der Waals surface area contributed by atoms with E-state index in [1.807, 2.05) is 20.8 Å². The summed E-state index contributed by atoms with van der Waals surface area (Å²) < 4.78 is 27.4. The number of carboxylic acid groups (broad SMARTS) is 1. The second-order valence-corrected chi connectivity index (χ2v) is 7.96. The highest BCUT2D eigenvalue weighted by atomic mass is 32.2. The second kappa shape index (κ2) is 7.05. The lowest BCUT2D eigenvalue weighted by Crippen LogP contribution is -2.34. The summed E-state index contributed by atoms with van der Waals surface area (Å²) in [6.07, 6.45) is 0. The molecule has 0 saturated carbocycles. The molecule has 1 N–H and O–H groups in total. The van der Waals surface area contributed by atoms with Crippen molar-refractivity contribution in [3.63, 3.8) is 0 Å². The molecule has 24 heavy (non-hydrogen) atoms. The van der Waals surface area contributed by atoms with Gasteiger partial charge in [0, 0.05) is 6.54 Å². The van der Waals surface area contributed by atoms with Crippen molar-refractivity contribution in [2.45, 2.75) is 25.7 Å². The fraction of sp³-hybridized carbons (Fsp3) is 0.278. The summed E-state index contributed by atoms with van der Waals surface area (Å²) in [5.74, 6) is -1.01. The van der Waals surface area contributed by atoms with E-state index >= 15 is 0 Å². The quantitative estimate of drug-likeness (QED) is 0.867. The van der Waals surface area contributed by atoms with E-state index in [-0.39, 0.29) is 22.9 Å². The number of aromatic carboxylic acids is 1. The van der Waals surface area contributed by atoms with E-state index in [4.69, 9.17) is 5.11 Å². The lowest BCUT2D eigenvalue weighted by molar-refractivity contribution is 0.0697. The molecule has 2 rings (SSSR count). The van der Waals surface area contributed by atoms with E-state index < -0.39 is 16.0 Å². The fourth-order valence-electron chi connectivity index (χ4n) is 2.31. The van der Waals surface area contributed by atoms with Gasteiger partial charge in [-0.05, 0) is 43.2 Å². The minimum atomic E-state index is -3.77. The summed E-state index contributed by atoms with van der Waals surface area (Å²) in [7, 11) is -3.77. The first-order valence-corrected chi connectivity index (χ1v) is 9.08. The van der Waals surface area contributed by atoms with Crippen molar-refractivity contribution >= 4 is 21.7 Å². The summed E-state index contributed by atoms with van der Waals surface area (Å²) in [6.45, 7) is 5.98. The van der Waals surface area contributed by atoms with Gasteiger partial charge in [-0.2, -0.15) is 0 Å². The molecule has 0 fully saturated rings. The fourth-order valence-corrected chi connectivity index (χ4v) is 3.93. The third-order valence-corrected chi connectivity index (χ3v) is 5.33. The zero-order valence-corrected chi connectivity index (χ0v) is 14.7. The monoisotopic (exact) mass is 347 g/mol. The zero-order chi connectivity index (χ0) is 17.9. The molecule has 2 aromatic rings. The minimum absolute atomic E-state index is 0.0559. The number of benzene rings is 2. The number of hydrogen-bond donors (Lipinski definition) is 1. The summed E-state index contributed by atoms with van der Waals surface area (Å²) in [5.41, 5.74) is 1.38. The molecule has 0 aliphatic rings. The first kappa shape index (κ1) is 18.0. The van der Waals surface area contributed by atoms with Crippen LogP contribution in [0.2, 0.25) is 0 Å². The SMILES string of the molecule is Cc1ccc(S(=O)(=O)N(CC(C)C)c2cccc(C(=O)O)c2)cc1. The Bertz CT molecular complexity index is 826. The third kappa shape index (κ3) is 3.94. The average Bonchev–Trinajstić information content (AvgIpc) is 2.53. The number of anilines is 1. The molecule has 0 aliphatic heterocycles. The van der Waals surface area contributed by atoms with E-state index in [0.29, 0.717) is 5.69 Å². The Kier molecular flexibility index (Phi) is 5.29. The smallest absolute Gasteiger partial charge is 0.335 e. The summed E-state index contributed by atoms with van der Waals surface area (Å²) in [4.78, 5) is 11.4. The minimum Gasteiger partial charge on any atom is -0.478 e. The Hall–Kier alpha value is -2.34. The van der Waals surface area contributed by atoms with Gasteiger partial charge in [-0.25, -0.2) is 13.2 Å². The van der Waals surface area contributed by atoms with Crippen molar-refractivity contribution in [3.05, 3.63) is 59.7 Å². The van der Waals surface area contributed by atoms with Crippen LogP contribution < -0.4 is 4.31 Å². The molecule has 0 aromatic heterocycles. The lowest BCUT2D eigenvalue weighted by atomic mass is 10.2. The number of carbonyl (C=O) groups is 1. The van der Waals surface area contributed by atoms with Crippen molar-refractivity contribution in [2.24, 2.45) is 5.92 Å². The van der Waals surface area contributed by atoms with E-state index in [0.717, 1.165) is 5.56 Å². The Morgan fingerprint density at radius 3 is 2.29 bits per heavy atom. The van der Waals surface area contributed by atoms with Crippen molar-refractivity contribution in [3.8, 4) is 0 Å². The van der Waals surface area contributed by atoms with Gasteiger partial charge in [0.25, 0.3) is 10.0 Å². The molecule has 5 nitrogen and oxygen atoms in total. The topological polar surface area (TPSA) is 74.7 Å². The summed E-state index contributed by atoms with van der Waals surface area (Å²) in [5, 5.41) is 9.16. The van der Waals surface area contributed by atoms with E-state index in [9.17, 15) is 13.2 Å². The van der Waals surface area contributed by atoms with Crippen LogP contribution in [0.25, 0.3) is 0 Å². The number of aryl methyl sites for hydroxylation is 1. The van der Waals surface area contributed by atoms with Crippen molar-refractivity contribution in [1.29, 1.82) is 0 Å². The molecule has 0 bridgehead atoms. The van der Waals surface area contributed by atoms with Crippen LogP contribution in [0, 0.1) is 12.8 Å². The predicted molar refractivity (Wildman–Crippen MR) is 94.0 cm³/mol. The van der Waals surface area contributed by atoms with Gasteiger partial charge >= 0.3 is 5.97 Å². The van der Waals surface area contributed by atoms with E-state index in [1.165, 1.54) is 16.4 Å². The number of nitrogens with zero attached hydrogens (tertiary/aromatic N) is 1. The molecule has 0 aliphatic carbocycles. The molecular formula is C18H21NO4S. The molecule has 0 heterocycles. The highest BCUT2D eigenvalue weighted by Gasteiger charge is 2.26. The standard InChI is InChI=1S/C18H21NO4S/c1-13(2)12-19(16-6-4-5-15(11-16)18(20)21)24(22,23)17-9-7-14(3)8-10-17/h4-11,13H,12H2,1-3H3,(H,20,21). The van der Waals surface area contributed by atoms with Gasteiger partial charge in [-0.3, -0.25) is 4.31 Å². The Morgan fingerprint density at radius 2 is 1.75 bits per heavy atom. The predicted octanol–water partition coefficient (Wildman–Crippen LogP) is 3.54. The van der Waals surface area contributed by atoms with Crippen LogP contribution in [0.1, 0.15) is 29.8 Å². The van der Waals surface area contributed by atoms with E-state index in [2.05, 4.69) is 0 Å².